The summed E-state index contributed by atoms with van der Waals surface area (Å²) in [7, 11) is 5.53. The van der Waals surface area contributed by atoms with Gasteiger partial charge < -0.3 is 14.6 Å². The molecule has 2 saturated heterocycles. The van der Waals surface area contributed by atoms with Gasteiger partial charge in [0.15, 0.2) is 5.82 Å². The van der Waals surface area contributed by atoms with Crippen molar-refractivity contribution in [2.24, 2.45) is 5.41 Å². The lowest BCUT2D eigenvalue weighted by Gasteiger charge is -2.55. The molecule has 6 heteroatoms. The number of ether oxygens (including phenoxy) is 1. The highest BCUT2D eigenvalue weighted by molar-refractivity contribution is 6.30. The van der Waals surface area contributed by atoms with Gasteiger partial charge in [-0.2, -0.15) is 0 Å². The first-order chi connectivity index (χ1) is 7.19. The van der Waals surface area contributed by atoms with Gasteiger partial charge in [-0.1, -0.05) is 0 Å². The Labute approximate surface area is 87.9 Å². The summed E-state index contributed by atoms with van der Waals surface area (Å²) in [5, 5.41) is 0. The van der Waals surface area contributed by atoms with E-state index in [1.165, 1.54) is 6.20 Å². The maximum atomic E-state index is 11.5. The first kappa shape index (κ1) is 8.97. The van der Waals surface area contributed by atoms with E-state index in [0.29, 0.717) is 11.4 Å². The van der Waals surface area contributed by atoms with Crippen LogP contribution in [0.1, 0.15) is 0 Å². The molecule has 3 heterocycles. The van der Waals surface area contributed by atoms with Crippen LogP contribution < -0.4 is 16.1 Å². The van der Waals surface area contributed by atoms with Crippen molar-refractivity contribution < 1.29 is 4.74 Å². The minimum Gasteiger partial charge on any atom is -0.380 e. The van der Waals surface area contributed by atoms with E-state index in [9.17, 15) is 4.79 Å². The molecule has 0 saturated carbocycles. The Balaban J connectivity index is 1.83. The fraction of sp³-hybridized carbons (Fsp3) is 0.556. The van der Waals surface area contributed by atoms with Gasteiger partial charge >= 0.3 is 0 Å². The Bertz CT molecular complexity index is 447. The predicted molar refractivity (Wildman–Crippen MR) is 55.7 cm³/mol. The molecular weight excluding hydrogens is 193 g/mol. The summed E-state index contributed by atoms with van der Waals surface area (Å²) in [5.74, 6) is 0.424. The van der Waals surface area contributed by atoms with Crippen molar-refractivity contribution in [2.75, 3.05) is 31.2 Å². The van der Waals surface area contributed by atoms with E-state index in [2.05, 4.69) is 9.97 Å². The first-order valence-corrected chi connectivity index (χ1v) is 4.86. The second-order valence-corrected chi connectivity index (χ2v) is 4.33. The van der Waals surface area contributed by atoms with Crippen LogP contribution in [0.15, 0.2) is 11.0 Å². The minimum atomic E-state index is -0.181. The highest BCUT2D eigenvalue weighted by Crippen LogP contribution is 2.38. The van der Waals surface area contributed by atoms with Gasteiger partial charge in [-0.05, 0) is 0 Å². The zero-order valence-electron chi connectivity index (χ0n) is 8.19. The summed E-state index contributed by atoms with van der Waals surface area (Å²) in [6.07, 6.45) is 1.41. The number of rotatable bonds is 1. The lowest BCUT2D eigenvalue weighted by atomic mass is 9.78. The molecule has 0 bridgehead atoms. The molecule has 2 radical (unpaired) electrons. The molecule has 1 aromatic rings. The standard InChI is InChI=1S/C9H10BN3O2/c10-6-1-11-8(14)7(12-6)13-2-9(3-13)4-15-5-9/h1H,2-5H2,(H,11,14). The number of aromatic nitrogens is 2. The summed E-state index contributed by atoms with van der Waals surface area (Å²) >= 11 is 0. The zero-order chi connectivity index (χ0) is 10.5. The van der Waals surface area contributed by atoms with Crippen molar-refractivity contribution in [3.63, 3.8) is 0 Å². The Hall–Kier alpha value is -1.30. The molecule has 3 rings (SSSR count). The van der Waals surface area contributed by atoms with Crippen LogP contribution in [0.3, 0.4) is 0 Å². The molecule has 2 aliphatic heterocycles. The third-order valence-electron chi connectivity index (χ3n) is 2.96. The van der Waals surface area contributed by atoms with Crippen molar-refractivity contribution in [2.45, 2.75) is 0 Å². The molecule has 0 unspecified atom stereocenters. The highest BCUT2D eigenvalue weighted by Gasteiger charge is 2.49. The van der Waals surface area contributed by atoms with Crippen LogP contribution >= 0.6 is 0 Å². The normalized spacial score (nSPS) is 22.3. The van der Waals surface area contributed by atoms with E-state index in [4.69, 9.17) is 12.6 Å². The fourth-order valence-corrected chi connectivity index (χ4v) is 2.11. The third-order valence-corrected chi connectivity index (χ3v) is 2.96. The van der Waals surface area contributed by atoms with Gasteiger partial charge in [-0.15, -0.1) is 0 Å². The summed E-state index contributed by atoms with van der Waals surface area (Å²) < 4.78 is 5.16. The van der Waals surface area contributed by atoms with E-state index in [1.54, 1.807) is 0 Å². The Morgan fingerprint density at radius 1 is 1.53 bits per heavy atom. The van der Waals surface area contributed by atoms with Crippen molar-refractivity contribution in [3.8, 4) is 0 Å². The van der Waals surface area contributed by atoms with Crippen LogP contribution in [0, 0.1) is 5.41 Å². The van der Waals surface area contributed by atoms with Crippen molar-refractivity contribution in [1.82, 2.24) is 9.97 Å². The maximum absolute atomic E-state index is 11.5. The van der Waals surface area contributed by atoms with Crippen molar-refractivity contribution >= 4 is 19.3 Å². The second kappa shape index (κ2) is 2.85. The molecule has 2 aliphatic rings. The van der Waals surface area contributed by atoms with E-state index < -0.39 is 0 Å². The van der Waals surface area contributed by atoms with Crippen molar-refractivity contribution in [1.29, 1.82) is 0 Å². The van der Waals surface area contributed by atoms with Crippen LogP contribution in [0.2, 0.25) is 0 Å². The molecule has 1 N–H and O–H groups in total. The fourth-order valence-electron chi connectivity index (χ4n) is 2.11. The topological polar surface area (TPSA) is 58.2 Å². The van der Waals surface area contributed by atoms with Gasteiger partial charge in [-0.3, -0.25) is 4.79 Å². The second-order valence-electron chi connectivity index (χ2n) is 4.33. The Morgan fingerprint density at radius 3 is 2.87 bits per heavy atom. The molecule has 1 spiro atoms. The van der Waals surface area contributed by atoms with E-state index in [-0.39, 0.29) is 11.0 Å². The molecule has 76 valence electrons. The van der Waals surface area contributed by atoms with Crippen LogP contribution in [-0.4, -0.2) is 44.1 Å². The number of H-pyrrole nitrogens is 1. The largest absolute Gasteiger partial charge is 0.380 e. The number of nitrogens with zero attached hydrogens (tertiary/aromatic N) is 2. The Kier molecular flexibility index (Phi) is 1.71. The molecule has 1 aromatic heterocycles. The molecular formula is C9H10BN3O2. The van der Waals surface area contributed by atoms with Gasteiger partial charge in [-0.25, -0.2) is 4.98 Å². The minimum absolute atomic E-state index is 0.181. The quantitative estimate of drug-likeness (QED) is 0.558. The number of anilines is 1. The number of aromatic amines is 1. The molecule has 5 nitrogen and oxygen atoms in total. The van der Waals surface area contributed by atoms with Gasteiger partial charge in [0, 0.05) is 24.9 Å². The van der Waals surface area contributed by atoms with Crippen LogP contribution in [0.5, 0.6) is 0 Å². The van der Waals surface area contributed by atoms with Crippen LogP contribution in [0.25, 0.3) is 0 Å². The molecule has 0 amide bonds. The molecule has 0 aliphatic carbocycles. The van der Waals surface area contributed by atoms with E-state index >= 15 is 0 Å². The summed E-state index contributed by atoms with van der Waals surface area (Å²) in [6, 6.07) is 0. The molecule has 0 atom stereocenters. The van der Waals surface area contributed by atoms with E-state index in [1.807, 2.05) is 4.90 Å². The molecule has 2 fully saturated rings. The summed E-state index contributed by atoms with van der Waals surface area (Å²) in [5.41, 5.74) is 0.438. The monoisotopic (exact) mass is 203 g/mol. The average molecular weight is 203 g/mol. The molecule has 15 heavy (non-hydrogen) atoms. The van der Waals surface area contributed by atoms with Gasteiger partial charge in [0.05, 0.1) is 18.6 Å². The maximum Gasteiger partial charge on any atom is 0.290 e. The van der Waals surface area contributed by atoms with Crippen LogP contribution in [-0.2, 0) is 4.74 Å². The molecule has 0 aromatic carbocycles. The van der Waals surface area contributed by atoms with Crippen molar-refractivity contribution in [3.05, 3.63) is 16.6 Å². The predicted octanol–water partition coefficient (Wildman–Crippen LogP) is -1.60. The average Bonchev–Trinajstić information content (AvgIpc) is 2.06. The number of hydrogen-bond donors (Lipinski definition) is 1. The lowest BCUT2D eigenvalue weighted by Crippen LogP contribution is -2.67. The lowest BCUT2D eigenvalue weighted by molar-refractivity contribution is -0.127. The van der Waals surface area contributed by atoms with Gasteiger partial charge in [0.25, 0.3) is 5.56 Å². The smallest absolute Gasteiger partial charge is 0.290 e. The SMILES string of the molecule is [B]c1c[nH]c(=O)c(N2CC3(COC3)C2)n1. The summed E-state index contributed by atoms with van der Waals surface area (Å²) in [4.78, 5) is 20.0. The number of nitrogens with one attached hydrogen (secondary N) is 1. The van der Waals surface area contributed by atoms with E-state index in [0.717, 1.165) is 26.3 Å². The first-order valence-electron chi connectivity index (χ1n) is 4.86. The Morgan fingerprint density at radius 2 is 2.27 bits per heavy atom. The van der Waals surface area contributed by atoms with Gasteiger partial charge in [0.1, 0.15) is 7.85 Å². The summed E-state index contributed by atoms with van der Waals surface area (Å²) in [6.45, 7) is 3.27. The highest BCUT2D eigenvalue weighted by atomic mass is 16.5. The zero-order valence-corrected chi connectivity index (χ0v) is 8.19. The van der Waals surface area contributed by atoms with Gasteiger partial charge in [0.2, 0.25) is 0 Å². The number of hydrogen-bond acceptors (Lipinski definition) is 4. The van der Waals surface area contributed by atoms with Crippen LogP contribution in [0.4, 0.5) is 5.82 Å². The third kappa shape index (κ3) is 1.28.